The predicted octanol–water partition coefficient (Wildman–Crippen LogP) is 1.20. The number of primary amides is 1. The summed E-state index contributed by atoms with van der Waals surface area (Å²) in [6, 6.07) is 9.47. The summed E-state index contributed by atoms with van der Waals surface area (Å²) in [5.74, 6) is -0.917. The first kappa shape index (κ1) is 12.6. The molecule has 0 aliphatic heterocycles. The number of hydrogen-bond acceptors (Lipinski definition) is 4. The molecule has 0 unspecified atom stereocenters. The molecule has 0 aromatic heterocycles. The van der Waals surface area contributed by atoms with E-state index in [1.54, 1.807) is 0 Å². The molecule has 86 valence electrons. The molecule has 16 heavy (non-hydrogen) atoms. The van der Waals surface area contributed by atoms with E-state index in [1.807, 2.05) is 30.3 Å². The lowest BCUT2D eigenvalue weighted by molar-refractivity contribution is -0.151. The number of nitrogens with two attached hydrogens (primary N) is 1. The number of rotatable bonds is 5. The van der Waals surface area contributed by atoms with Crippen LogP contribution in [0, 0.1) is 0 Å². The summed E-state index contributed by atoms with van der Waals surface area (Å²) >= 11 is 1.36. The fourth-order valence-electron chi connectivity index (χ4n) is 0.948. The van der Waals surface area contributed by atoms with E-state index < -0.39 is 18.0 Å². The maximum absolute atomic E-state index is 11.3. The summed E-state index contributed by atoms with van der Waals surface area (Å²) in [6.45, 7) is 1.45. The van der Waals surface area contributed by atoms with Crippen molar-refractivity contribution in [2.45, 2.75) is 17.9 Å². The number of ether oxygens (including phenoxy) is 1. The minimum atomic E-state index is -0.871. The summed E-state index contributed by atoms with van der Waals surface area (Å²) in [5.41, 5.74) is 4.97. The van der Waals surface area contributed by atoms with Crippen LogP contribution in [0.1, 0.15) is 6.92 Å². The van der Waals surface area contributed by atoms with Gasteiger partial charge in [-0.1, -0.05) is 18.2 Å². The highest BCUT2D eigenvalue weighted by Gasteiger charge is 2.14. The van der Waals surface area contributed by atoms with Crippen molar-refractivity contribution in [1.82, 2.24) is 0 Å². The van der Waals surface area contributed by atoms with Crippen molar-refractivity contribution in [3.63, 3.8) is 0 Å². The largest absolute Gasteiger partial charge is 0.452 e. The third kappa shape index (κ3) is 4.35. The molecule has 0 saturated heterocycles. The smallest absolute Gasteiger partial charge is 0.317 e. The molecule has 0 radical (unpaired) electrons. The molecule has 1 amide bonds. The lowest BCUT2D eigenvalue weighted by atomic mass is 10.4. The Morgan fingerprint density at radius 3 is 2.56 bits per heavy atom. The third-order valence-corrected chi connectivity index (χ3v) is 2.79. The van der Waals surface area contributed by atoms with Gasteiger partial charge in [-0.2, -0.15) is 0 Å². The Balaban J connectivity index is 2.33. The van der Waals surface area contributed by atoms with Crippen molar-refractivity contribution in [1.29, 1.82) is 0 Å². The van der Waals surface area contributed by atoms with Crippen molar-refractivity contribution in [2.24, 2.45) is 5.73 Å². The average molecular weight is 239 g/mol. The number of benzene rings is 1. The molecule has 1 aromatic rings. The topological polar surface area (TPSA) is 69.4 Å². The lowest BCUT2D eigenvalue weighted by Gasteiger charge is -2.08. The zero-order chi connectivity index (χ0) is 12.0. The quantitative estimate of drug-likeness (QED) is 0.619. The van der Waals surface area contributed by atoms with Crippen LogP contribution < -0.4 is 5.73 Å². The monoisotopic (exact) mass is 239 g/mol. The summed E-state index contributed by atoms with van der Waals surface area (Å²) < 4.78 is 4.80. The van der Waals surface area contributed by atoms with Crippen molar-refractivity contribution in [2.75, 3.05) is 5.75 Å². The summed E-state index contributed by atoms with van der Waals surface area (Å²) in [6.07, 6.45) is -0.871. The van der Waals surface area contributed by atoms with E-state index in [0.29, 0.717) is 0 Å². The Kier molecular flexibility index (Phi) is 4.85. The Morgan fingerprint density at radius 2 is 2.00 bits per heavy atom. The molecular formula is C11H13NO3S. The fraction of sp³-hybridized carbons (Fsp3) is 0.273. The predicted molar refractivity (Wildman–Crippen MR) is 61.9 cm³/mol. The normalized spacial score (nSPS) is 11.8. The first-order valence-corrected chi connectivity index (χ1v) is 5.75. The Hall–Kier alpha value is -1.49. The van der Waals surface area contributed by atoms with Crippen molar-refractivity contribution in [3.8, 4) is 0 Å². The summed E-state index contributed by atoms with van der Waals surface area (Å²) in [5, 5.41) is 0. The lowest BCUT2D eigenvalue weighted by Crippen LogP contribution is -2.30. The van der Waals surface area contributed by atoms with E-state index in [1.165, 1.54) is 18.7 Å². The number of esters is 1. The van der Waals surface area contributed by atoms with Crippen LogP contribution >= 0.6 is 11.8 Å². The highest BCUT2D eigenvalue weighted by atomic mass is 32.2. The third-order valence-electron chi connectivity index (χ3n) is 1.81. The Morgan fingerprint density at radius 1 is 1.38 bits per heavy atom. The standard InChI is InChI=1S/C11H13NO3S/c1-8(11(12)14)15-10(13)7-16-9-5-3-2-4-6-9/h2-6,8H,7H2,1H3,(H2,12,14)/t8-/m1/s1. The molecule has 1 rings (SSSR count). The van der Waals surface area contributed by atoms with Gasteiger partial charge in [-0.25, -0.2) is 0 Å². The fourth-order valence-corrected chi connectivity index (χ4v) is 1.65. The molecule has 0 heterocycles. The van der Waals surface area contributed by atoms with E-state index in [9.17, 15) is 9.59 Å². The molecule has 4 nitrogen and oxygen atoms in total. The minimum absolute atomic E-state index is 0.168. The molecule has 0 bridgehead atoms. The average Bonchev–Trinajstić information content (AvgIpc) is 2.27. The van der Waals surface area contributed by atoms with Gasteiger partial charge in [0.25, 0.3) is 5.91 Å². The summed E-state index contributed by atoms with van der Waals surface area (Å²) in [4.78, 5) is 22.9. The molecule has 0 spiro atoms. The van der Waals surface area contributed by atoms with Crippen LogP contribution in [0.25, 0.3) is 0 Å². The van der Waals surface area contributed by atoms with Gasteiger partial charge in [-0.15, -0.1) is 11.8 Å². The van der Waals surface area contributed by atoms with Crippen molar-refractivity contribution in [3.05, 3.63) is 30.3 Å². The Labute approximate surface area is 98.2 Å². The second kappa shape index (κ2) is 6.17. The number of thioether (sulfide) groups is 1. The van der Waals surface area contributed by atoms with Gasteiger partial charge in [0.2, 0.25) is 0 Å². The number of hydrogen-bond donors (Lipinski definition) is 1. The minimum Gasteiger partial charge on any atom is -0.452 e. The maximum Gasteiger partial charge on any atom is 0.317 e. The van der Waals surface area contributed by atoms with Gasteiger partial charge >= 0.3 is 5.97 Å². The molecule has 0 saturated carbocycles. The maximum atomic E-state index is 11.3. The molecule has 1 atom stereocenters. The van der Waals surface area contributed by atoms with Gasteiger partial charge in [0.15, 0.2) is 6.10 Å². The SMILES string of the molecule is C[C@@H](OC(=O)CSc1ccccc1)C(N)=O. The highest BCUT2D eigenvalue weighted by molar-refractivity contribution is 8.00. The van der Waals surface area contributed by atoms with E-state index in [0.717, 1.165) is 4.90 Å². The highest BCUT2D eigenvalue weighted by Crippen LogP contribution is 2.16. The van der Waals surface area contributed by atoms with Gasteiger partial charge in [-0.3, -0.25) is 9.59 Å². The van der Waals surface area contributed by atoms with Gasteiger partial charge in [0.05, 0.1) is 5.75 Å². The van der Waals surface area contributed by atoms with E-state index in [2.05, 4.69) is 0 Å². The molecule has 0 aliphatic carbocycles. The first-order valence-electron chi connectivity index (χ1n) is 4.76. The van der Waals surface area contributed by atoms with E-state index in [4.69, 9.17) is 10.5 Å². The molecule has 5 heteroatoms. The van der Waals surface area contributed by atoms with Crippen molar-refractivity contribution >= 4 is 23.6 Å². The van der Waals surface area contributed by atoms with Crippen LogP contribution in [0.2, 0.25) is 0 Å². The molecule has 2 N–H and O–H groups in total. The second-order valence-corrected chi connectivity index (χ2v) is 4.18. The molecule has 0 fully saturated rings. The van der Waals surface area contributed by atoms with Crippen LogP contribution in [0.3, 0.4) is 0 Å². The number of carbonyl (C=O) groups excluding carboxylic acids is 2. The zero-order valence-corrected chi connectivity index (χ0v) is 9.70. The molecule has 0 aliphatic rings. The van der Waals surface area contributed by atoms with Crippen LogP contribution in [0.5, 0.6) is 0 Å². The van der Waals surface area contributed by atoms with Gasteiger partial charge < -0.3 is 10.5 Å². The van der Waals surface area contributed by atoms with Gasteiger partial charge in [0, 0.05) is 4.90 Å². The van der Waals surface area contributed by atoms with Gasteiger partial charge in [0.1, 0.15) is 0 Å². The van der Waals surface area contributed by atoms with E-state index >= 15 is 0 Å². The number of amides is 1. The zero-order valence-electron chi connectivity index (χ0n) is 8.88. The second-order valence-electron chi connectivity index (χ2n) is 3.14. The van der Waals surface area contributed by atoms with Crippen LogP contribution in [0.4, 0.5) is 0 Å². The molecule has 1 aromatic carbocycles. The van der Waals surface area contributed by atoms with Crippen LogP contribution in [-0.4, -0.2) is 23.7 Å². The van der Waals surface area contributed by atoms with Gasteiger partial charge in [-0.05, 0) is 19.1 Å². The van der Waals surface area contributed by atoms with Crippen LogP contribution in [0.15, 0.2) is 35.2 Å². The van der Waals surface area contributed by atoms with Crippen LogP contribution in [-0.2, 0) is 14.3 Å². The first-order chi connectivity index (χ1) is 7.59. The summed E-state index contributed by atoms with van der Waals surface area (Å²) in [7, 11) is 0. The molecular weight excluding hydrogens is 226 g/mol. The number of carbonyl (C=O) groups is 2. The van der Waals surface area contributed by atoms with E-state index in [-0.39, 0.29) is 5.75 Å². The Bertz CT molecular complexity index is 367. The van der Waals surface area contributed by atoms with Crippen molar-refractivity contribution < 1.29 is 14.3 Å².